The van der Waals surface area contributed by atoms with Gasteiger partial charge in [-0.15, -0.1) is 11.3 Å². The summed E-state index contributed by atoms with van der Waals surface area (Å²) in [5.74, 6) is -1.96. The first-order chi connectivity index (χ1) is 8.56. The van der Waals surface area contributed by atoms with Crippen molar-refractivity contribution in [3.8, 4) is 0 Å². The molecule has 0 aliphatic heterocycles. The molecule has 6 nitrogen and oxygen atoms in total. The number of carboxylic acids is 1. The Hall–Kier alpha value is -2.15. The smallest absolute Gasteiger partial charge is 0.371 e. The van der Waals surface area contributed by atoms with Crippen molar-refractivity contribution in [2.24, 2.45) is 0 Å². The Morgan fingerprint density at radius 2 is 2.17 bits per heavy atom. The van der Waals surface area contributed by atoms with Crippen molar-refractivity contribution in [3.63, 3.8) is 0 Å². The summed E-state index contributed by atoms with van der Waals surface area (Å²) in [6, 6.07) is 2.56. The Balaban J connectivity index is 1.97. The fraction of sp³-hybridized carbons (Fsp3) is 0.182. The van der Waals surface area contributed by atoms with Crippen molar-refractivity contribution >= 4 is 23.2 Å². The van der Waals surface area contributed by atoms with E-state index in [4.69, 9.17) is 9.52 Å². The molecule has 1 amide bonds. The molecule has 0 unspecified atom stereocenters. The lowest BCUT2D eigenvalue weighted by Crippen LogP contribution is -2.22. The van der Waals surface area contributed by atoms with Crippen LogP contribution >= 0.6 is 11.3 Å². The maximum Gasteiger partial charge on any atom is 0.371 e. The first-order valence-electron chi connectivity index (χ1n) is 5.08. The number of carbonyl (C=O) groups excluding carboxylic acids is 1. The molecule has 0 aliphatic carbocycles. The Labute approximate surface area is 106 Å². The monoisotopic (exact) mass is 266 g/mol. The van der Waals surface area contributed by atoms with E-state index in [0.29, 0.717) is 0 Å². The molecule has 0 aliphatic rings. The average Bonchev–Trinajstić information content (AvgIpc) is 2.94. The number of nitrogens with zero attached hydrogens (tertiary/aromatic N) is 1. The molecule has 0 fully saturated rings. The quantitative estimate of drug-likeness (QED) is 0.878. The summed E-state index contributed by atoms with van der Waals surface area (Å²) in [6.45, 7) is 2.16. The average molecular weight is 266 g/mol. The van der Waals surface area contributed by atoms with Crippen molar-refractivity contribution in [1.82, 2.24) is 10.3 Å². The normalized spacial score (nSPS) is 10.3. The molecule has 0 radical (unpaired) electrons. The highest BCUT2D eigenvalue weighted by Crippen LogP contribution is 2.09. The number of hydrogen-bond acceptors (Lipinski definition) is 5. The third-order valence-electron chi connectivity index (χ3n) is 2.14. The third-order valence-corrected chi connectivity index (χ3v) is 2.96. The van der Waals surface area contributed by atoms with E-state index < -0.39 is 11.9 Å². The van der Waals surface area contributed by atoms with Crippen LogP contribution in [0.3, 0.4) is 0 Å². The van der Waals surface area contributed by atoms with Gasteiger partial charge >= 0.3 is 5.97 Å². The van der Waals surface area contributed by atoms with E-state index in [0.717, 1.165) is 10.7 Å². The van der Waals surface area contributed by atoms with Crippen molar-refractivity contribution in [3.05, 3.63) is 39.7 Å². The molecular formula is C11H10N2O4S. The number of thiazole rings is 1. The van der Waals surface area contributed by atoms with E-state index in [1.165, 1.54) is 23.5 Å². The standard InChI is InChI=1S/C11H10N2O4S/c1-6-13-7(5-18-6)4-12-10(14)8-2-3-9(17-8)11(15)16/h2-3,5H,4H2,1H3,(H,12,14)(H,15,16). The molecule has 2 aromatic rings. The minimum absolute atomic E-state index is 0.0284. The summed E-state index contributed by atoms with van der Waals surface area (Å²) in [4.78, 5) is 26.4. The molecule has 0 aromatic carbocycles. The number of amides is 1. The summed E-state index contributed by atoms with van der Waals surface area (Å²) in [7, 11) is 0. The van der Waals surface area contributed by atoms with Crippen LogP contribution in [0.4, 0.5) is 0 Å². The SMILES string of the molecule is Cc1nc(CNC(=O)c2ccc(C(=O)O)o2)cs1. The second kappa shape index (κ2) is 5.01. The Bertz CT molecular complexity index is 587. The zero-order valence-corrected chi connectivity index (χ0v) is 10.3. The van der Waals surface area contributed by atoms with E-state index in [2.05, 4.69) is 10.3 Å². The molecule has 7 heteroatoms. The second-order valence-corrected chi connectivity index (χ2v) is 4.57. The van der Waals surface area contributed by atoms with Gasteiger partial charge in [0.05, 0.1) is 17.2 Å². The zero-order valence-electron chi connectivity index (χ0n) is 9.47. The van der Waals surface area contributed by atoms with Crippen LogP contribution in [0.2, 0.25) is 0 Å². The number of hydrogen-bond donors (Lipinski definition) is 2. The predicted octanol–water partition coefficient (Wildman–Crippen LogP) is 1.67. The van der Waals surface area contributed by atoms with E-state index in [-0.39, 0.29) is 18.1 Å². The lowest BCUT2D eigenvalue weighted by Gasteiger charge is -1.99. The number of furan rings is 1. The molecule has 2 aromatic heterocycles. The summed E-state index contributed by atoms with van der Waals surface area (Å²) in [5.41, 5.74) is 0.760. The van der Waals surface area contributed by atoms with E-state index >= 15 is 0 Å². The van der Waals surface area contributed by atoms with Gasteiger partial charge in [0.15, 0.2) is 5.76 Å². The minimum atomic E-state index is -1.20. The number of carboxylic acid groups (broad SMARTS) is 1. The third kappa shape index (κ3) is 2.75. The van der Waals surface area contributed by atoms with Crippen LogP contribution in [-0.4, -0.2) is 22.0 Å². The number of carbonyl (C=O) groups is 2. The van der Waals surface area contributed by atoms with Crippen molar-refractivity contribution < 1.29 is 19.1 Å². The van der Waals surface area contributed by atoms with Crippen LogP contribution in [0, 0.1) is 6.92 Å². The molecule has 18 heavy (non-hydrogen) atoms. The van der Waals surface area contributed by atoms with Gasteiger partial charge in [0.1, 0.15) is 0 Å². The minimum Gasteiger partial charge on any atom is -0.475 e. The molecule has 2 heterocycles. The largest absolute Gasteiger partial charge is 0.475 e. The topological polar surface area (TPSA) is 92.4 Å². The number of nitrogens with one attached hydrogen (secondary N) is 1. The predicted molar refractivity (Wildman–Crippen MR) is 63.7 cm³/mol. The van der Waals surface area contributed by atoms with Crippen molar-refractivity contribution in [1.29, 1.82) is 0 Å². The molecule has 0 saturated carbocycles. The highest BCUT2D eigenvalue weighted by atomic mass is 32.1. The molecule has 94 valence electrons. The van der Waals surface area contributed by atoms with E-state index in [1.807, 2.05) is 12.3 Å². The van der Waals surface area contributed by atoms with E-state index in [9.17, 15) is 9.59 Å². The molecule has 2 N–H and O–H groups in total. The van der Waals surface area contributed by atoms with Gasteiger partial charge in [-0.3, -0.25) is 4.79 Å². The van der Waals surface area contributed by atoms with Gasteiger partial charge in [0.25, 0.3) is 5.91 Å². The van der Waals surface area contributed by atoms with Gasteiger partial charge in [-0.1, -0.05) is 0 Å². The van der Waals surface area contributed by atoms with Crippen LogP contribution < -0.4 is 5.32 Å². The summed E-state index contributed by atoms with van der Waals surface area (Å²) >= 11 is 1.50. The summed E-state index contributed by atoms with van der Waals surface area (Å²) in [5, 5.41) is 14.0. The molecule has 0 bridgehead atoms. The van der Waals surface area contributed by atoms with Crippen LogP contribution in [-0.2, 0) is 6.54 Å². The Morgan fingerprint density at radius 1 is 1.44 bits per heavy atom. The van der Waals surface area contributed by atoms with Crippen LogP contribution in [0.5, 0.6) is 0 Å². The van der Waals surface area contributed by atoms with Gasteiger partial charge in [-0.05, 0) is 19.1 Å². The highest BCUT2D eigenvalue weighted by Gasteiger charge is 2.14. The second-order valence-electron chi connectivity index (χ2n) is 3.51. The maximum atomic E-state index is 11.6. The fourth-order valence-corrected chi connectivity index (χ4v) is 1.93. The lowest BCUT2D eigenvalue weighted by molar-refractivity contribution is 0.0659. The van der Waals surface area contributed by atoms with Gasteiger partial charge in [-0.25, -0.2) is 9.78 Å². The zero-order chi connectivity index (χ0) is 13.1. The maximum absolute atomic E-state index is 11.6. The summed E-state index contributed by atoms with van der Waals surface area (Å²) in [6.07, 6.45) is 0. The van der Waals surface area contributed by atoms with Gasteiger partial charge in [0.2, 0.25) is 5.76 Å². The van der Waals surface area contributed by atoms with Crippen LogP contribution in [0.1, 0.15) is 31.8 Å². The number of rotatable bonds is 4. The molecular weight excluding hydrogens is 256 g/mol. The summed E-state index contributed by atoms with van der Waals surface area (Å²) < 4.78 is 4.87. The van der Waals surface area contributed by atoms with Gasteiger partial charge in [-0.2, -0.15) is 0 Å². The molecule has 0 saturated heterocycles. The molecule has 0 spiro atoms. The fourth-order valence-electron chi connectivity index (χ4n) is 1.32. The van der Waals surface area contributed by atoms with Gasteiger partial charge in [0, 0.05) is 5.38 Å². The van der Waals surface area contributed by atoms with Crippen LogP contribution in [0.25, 0.3) is 0 Å². The molecule has 2 rings (SSSR count). The first-order valence-corrected chi connectivity index (χ1v) is 5.96. The Morgan fingerprint density at radius 3 is 2.72 bits per heavy atom. The van der Waals surface area contributed by atoms with Crippen LogP contribution in [0.15, 0.2) is 21.9 Å². The van der Waals surface area contributed by atoms with Crippen molar-refractivity contribution in [2.75, 3.05) is 0 Å². The Kier molecular flexibility index (Phi) is 3.42. The van der Waals surface area contributed by atoms with Crippen molar-refractivity contribution in [2.45, 2.75) is 13.5 Å². The number of aromatic nitrogens is 1. The number of aromatic carboxylic acids is 1. The highest BCUT2D eigenvalue weighted by molar-refractivity contribution is 7.09. The number of aryl methyl sites for hydroxylation is 1. The van der Waals surface area contributed by atoms with E-state index in [1.54, 1.807) is 0 Å². The lowest BCUT2D eigenvalue weighted by atomic mass is 10.4. The van der Waals surface area contributed by atoms with Gasteiger partial charge < -0.3 is 14.8 Å². The first kappa shape index (κ1) is 12.3. The molecule has 0 atom stereocenters.